The van der Waals surface area contributed by atoms with E-state index >= 15 is 0 Å². The van der Waals surface area contributed by atoms with E-state index in [0.717, 1.165) is 83.5 Å². The topological polar surface area (TPSA) is 169 Å². The highest BCUT2D eigenvalue weighted by atomic mass is 31.2. The Morgan fingerprint density at radius 2 is 1.30 bits per heavy atom. The van der Waals surface area contributed by atoms with Gasteiger partial charge in [0.05, 0.1) is 46.1 Å². The van der Waals surface area contributed by atoms with Crippen LogP contribution in [-0.2, 0) is 32.7 Å². The van der Waals surface area contributed by atoms with Gasteiger partial charge in [0.15, 0.2) is 6.10 Å². The van der Waals surface area contributed by atoms with Gasteiger partial charge in [-0.15, -0.1) is 0 Å². The van der Waals surface area contributed by atoms with Gasteiger partial charge in [0.1, 0.15) is 19.8 Å². The van der Waals surface area contributed by atoms with Gasteiger partial charge in [-0.3, -0.25) is 18.6 Å². The Morgan fingerprint density at radius 3 is 1.89 bits per heavy atom. The SMILES string of the molecule is CC/C=C\C/C=C\C/C=C\C/C=C\C/C=C\C/C=C\CCC(=O)O[C@H](COC(=O)CCCCCC[C@@H]1[C@@H](/C=C/[C@@H](O)CCCCC)[C@H](O)C[C@@H]1O)COP(=O)(O)OCC[N+](C)(C)C. The summed E-state index contributed by atoms with van der Waals surface area (Å²) in [5.74, 6) is -1.34. The van der Waals surface area contributed by atoms with Gasteiger partial charge in [-0.1, -0.05) is 137 Å². The Morgan fingerprint density at radius 1 is 0.714 bits per heavy atom. The zero-order chi connectivity index (χ0) is 46.6. The average Bonchev–Trinajstić information content (AvgIpc) is 3.50. The van der Waals surface area contributed by atoms with Gasteiger partial charge in [-0.2, -0.15) is 0 Å². The van der Waals surface area contributed by atoms with Crippen LogP contribution in [-0.4, -0.2) is 109 Å². The number of esters is 2. The molecule has 0 saturated heterocycles. The number of carbonyl (C=O) groups is 2. The predicted molar refractivity (Wildman–Crippen MR) is 254 cm³/mol. The number of unbranched alkanes of at least 4 members (excludes halogenated alkanes) is 5. The van der Waals surface area contributed by atoms with Crippen LogP contribution >= 0.6 is 7.82 Å². The number of carbonyl (C=O) groups excluding carboxylic acids is 2. The number of aliphatic hydroxyl groups excluding tert-OH is 3. The monoisotopic (exact) mass is 907 g/mol. The molecule has 13 heteroatoms. The van der Waals surface area contributed by atoms with Gasteiger partial charge in [-0.05, 0) is 70.1 Å². The summed E-state index contributed by atoms with van der Waals surface area (Å²) in [6.07, 6.45) is 40.0. The van der Waals surface area contributed by atoms with E-state index in [2.05, 4.69) is 74.6 Å². The highest BCUT2D eigenvalue weighted by Gasteiger charge is 2.39. The molecule has 7 atom stereocenters. The van der Waals surface area contributed by atoms with Crippen LogP contribution in [0.2, 0.25) is 0 Å². The number of phosphoric acid groups is 1. The lowest BCUT2D eigenvalue weighted by Crippen LogP contribution is -2.37. The number of hydrogen-bond donors (Lipinski definition) is 4. The Balaban J connectivity index is 2.50. The standard InChI is InChI=1S/C50H84NO11P/c1-6-8-10-11-12-13-14-15-16-17-18-19-20-21-22-23-24-25-31-35-50(56)62-44(42-61-63(57,58)60-39-38-51(3,4)5)41-59-49(55)34-30-27-26-29-33-45-46(48(54)40-47(45)53)37-36-43(52)32-28-9-7-2/h8,10,12-13,15-16,18-19,21-22,24-25,36-37,43-48,52-54H,6-7,9,11,14,17,20,23,26-35,38-42H2,1-5H3/p+1/b10-8-,13-12-,16-15-,19-18-,22-21-,25-24-,37-36+/t43-,44+,45+,46+,47-,48+/m0/s1. The fourth-order valence-corrected chi connectivity index (χ4v) is 7.58. The third kappa shape index (κ3) is 33.2. The van der Waals surface area contributed by atoms with E-state index in [1.807, 2.05) is 39.4 Å². The number of rotatable bonds is 37. The number of allylic oxidation sites excluding steroid dienone is 12. The normalized spacial score (nSPS) is 20.7. The van der Waals surface area contributed by atoms with E-state index in [1.54, 1.807) is 6.08 Å². The van der Waals surface area contributed by atoms with E-state index in [1.165, 1.54) is 0 Å². The van der Waals surface area contributed by atoms with Crippen LogP contribution in [0.5, 0.6) is 0 Å². The predicted octanol–water partition coefficient (Wildman–Crippen LogP) is 9.95. The lowest BCUT2D eigenvalue weighted by Gasteiger charge is -2.24. The molecule has 1 unspecified atom stereocenters. The Labute approximate surface area is 380 Å². The van der Waals surface area contributed by atoms with Crippen molar-refractivity contribution in [1.29, 1.82) is 0 Å². The molecule has 0 aliphatic heterocycles. The summed E-state index contributed by atoms with van der Waals surface area (Å²) >= 11 is 0. The molecule has 0 aromatic heterocycles. The van der Waals surface area contributed by atoms with Gasteiger partial charge in [0.2, 0.25) is 0 Å². The first kappa shape index (κ1) is 58.1. The summed E-state index contributed by atoms with van der Waals surface area (Å²) in [7, 11) is 1.30. The van der Waals surface area contributed by atoms with Gasteiger partial charge >= 0.3 is 19.8 Å². The lowest BCUT2D eigenvalue weighted by molar-refractivity contribution is -0.870. The molecule has 1 fully saturated rings. The third-order valence-electron chi connectivity index (χ3n) is 10.5. The average molecular weight is 907 g/mol. The Kier molecular flexibility index (Phi) is 33.5. The van der Waals surface area contributed by atoms with Crippen LogP contribution in [0.1, 0.15) is 136 Å². The van der Waals surface area contributed by atoms with Crippen LogP contribution < -0.4 is 0 Å². The molecule has 1 aliphatic rings. The minimum absolute atomic E-state index is 0.0210. The number of quaternary nitrogens is 1. The van der Waals surface area contributed by atoms with E-state index in [0.29, 0.717) is 36.7 Å². The lowest BCUT2D eigenvalue weighted by atomic mass is 9.88. The second-order valence-corrected chi connectivity index (χ2v) is 18.8. The molecule has 0 aromatic carbocycles. The summed E-state index contributed by atoms with van der Waals surface area (Å²) in [6.45, 7) is 3.86. The molecule has 1 rings (SSSR count). The smallest absolute Gasteiger partial charge is 0.462 e. The van der Waals surface area contributed by atoms with E-state index < -0.39 is 50.8 Å². The molecule has 360 valence electrons. The maximum absolute atomic E-state index is 12.7. The highest BCUT2D eigenvalue weighted by Crippen LogP contribution is 2.43. The molecular weight excluding hydrogens is 822 g/mol. The van der Waals surface area contributed by atoms with Gasteiger partial charge < -0.3 is 34.2 Å². The molecule has 0 bridgehead atoms. The maximum Gasteiger partial charge on any atom is 0.472 e. The zero-order valence-electron chi connectivity index (χ0n) is 39.4. The number of hydrogen-bond acceptors (Lipinski definition) is 10. The second kappa shape index (κ2) is 36.3. The van der Waals surface area contributed by atoms with Crippen molar-refractivity contribution in [3.05, 3.63) is 85.1 Å². The molecule has 0 heterocycles. The van der Waals surface area contributed by atoms with Crippen LogP contribution in [0.3, 0.4) is 0 Å². The first-order valence-electron chi connectivity index (χ1n) is 23.6. The molecule has 0 radical (unpaired) electrons. The molecule has 1 aliphatic carbocycles. The summed E-state index contributed by atoms with van der Waals surface area (Å²) < 4.78 is 34.2. The van der Waals surface area contributed by atoms with E-state index in [4.69, 9.17) is 18.5 Å². The van der Waals surface area contributed by atoms with Crippen molar-refractivity contribution < 1.29 is 57.4 Å². The zero-order valence-corrected chi connectivity index (χ0v) is 40.2. The molecule has 0 aromatic rings. The van der Waals surface area contributed by atoms with E-state index in [-0.39, 0.29) is 37.9 Å². The molecule has 12 nitrogen and oxygen atoms in total. The van der Waals surface area contributed by atoms with Crippen molar-refractivity contribution in [2.75, 3.05) is 47.5 Å². The minimum atomic E-state index is -4.46. The van der Waals surface area contributed by atoms with Crippen LogP contribution in [0.15, 0.2) is 85.1 Å². The Hall–Kier alpha value is -2.93. The molecule has 63 heavy (non-hydrogen) atoms. The molecule has 1 saturated carbocycles. The molecule has 0 spiro atoms. The fraction of sp³-hybridized carbons (Fsp3) is 0.680. The number of likely N-dealkylation sites (N-methyl/N-ethyl adjacent to an activating group) is 1. The van der Waals surface area contributed by atoms with E-state index in [9.17, 15) is 34.4 Å². The first-order chi connectivity index (χ1) is 30.2. The number of phosphoric ester groups is 1. The van der Waals surface area contributed by atoms with Gasteiger partial charge in [0.25, 0.3) is 0 Å². The van der Waals surface area contributed by atoms with Crippen molar-refractivity contribution in [3.63, 3.8) is 0 Å². The summed E-state index contributed by atoms with van der Waals surface area (Å²) in [5, 5.41) is 31.4. The van der Waals surface area contributed by atoms with Crippen molar-refractivity contribution in [2.45, 2.75) is 160 Å². The quantitative estimate of drug-likeness (QED) is 0.0154. The van der Waals surface area contributed by atoms with Crippen molar-refractivity contribution in [3.8, 4) is 0 Å². The third-order valence-corrected chi connectivity index (χ3v) is 11.5. The fourth-order valence-electron chi connectivity index (χ4n) is 6.84. The second-order valence-electron chi connectivity index (χ2n) is 17.4. The number of ether oxygens (including phenoxy) is 2. The summed E-state index contributed by atoms with van der Waals surface area (Å²) in [6, 6.07) is 0. The molecular formula is C50H85NO11P+. The van der Waals surface area contributed by atoms with Crippen molar-refractivity contribution >= 4 is 19.8 Å². The number of aliphatic hydroxyl groups is 3. The van der Waals surface area contributed by atoms with Gasteiger partial charge in [0, 0.05) is 25.2 Å². The largest absolute Gasteiger partial charge is 0.472 e. The van der Waals surface area contributed by atoms with Gasteiger partial charge in [-0.25, -0.2) is 4.57 Å². The maximum atomic E-state index is 12.7. The summed E-state index contributed by atoms with van der Waals surface area (Å²) in [5.41, 5.74) is 0. The van der Waals surface area contributed by atoms with Crippen molar-refractivity contribution in [1.82, 2.24) is 0 Å². The molecule has 4 N–H and O–H groups in total. The summed E-state index contributed by atoms with van der Waals surface area (Å²) in [4.78, 5) is 35.6. The van der Waals surface area contributed by atoms with Crippen LogP contribution in [0.4, 0.5) is 0 Å². The highest BCUT2D eigenvalue weighted by molar-refractivity contribution is 7.47. The first-order valence-corrected chi connectivity index (χ1v) is 25.1. The molecule has 0 amide bonds. The van der Waals surface area contributed by atoms with Crippen LogP contribution in [0.25, 0.3) is 0 Å². The van der Waals surface area contributed by atoms with Crippen LogP contribution in [0, 0.1) is 11.8 Å². The Bertz CT molecular complexity index is 1460. The number of nitrogens with zero attached hydrogens (tertiary/aromatic N) is 1. The van der Waals surface area contributed by atoms with Crippen molar-refractivity contribution in [2.24, 2.45) is 11.8 Å². The minimum Gasteiger partial charge on any atom is -0.462 e.